The second-order valence-electron chi connectivity index (χ2n) is 3.71. The van der Waals surface area contributed by atoms with Crippen LogP contribution in [0.2, 0.25) is 5.02 Å². The normalized spacial score (nSPS) is 10.5. The molecule has 1 heterocycles. The number of rotatable bonds is 4. The molecule has 0 unspecified atom stereocenters. The molecule has 100 valence electrons. The largest absolute Gasteiger partial charge is 0.301 e. The summed E-state index contributed by atoms with van der Waals surface area (Å²) in [6, 6.07) is 4.38. The third-order valence-corrected chi connectivity index (χ3v) is 4.29. The van der Waals surface area contributed by atoms with Gasteiger partial charge in [0.2, 0.25) is 5.91 Å². The van der Waals surface area contributed by atoms with Crippen LogP contribution in [0.1, 0.15) is 5.69 Å². The first kappa shape index (κ1) is 14.3. The minimum atomic E-state index is -0.464. The van der Waals surface area contributed by atoms with E-state index < -0.39 is 5.82 Å². The van der Waals surface area contributed by atoms with E-state index in [-0.39, 0.29) is 16.7 Å². The summed E-state index contributed by atoms with van der Waals surface area (Å²) < 4.78 is 13.0. The zero-order valence-electron chi connectivity index (χ0n) is 9.94. The molecule has 19 heavy (non-hydrogen) atoms. The van der Waals surface area contributed by atoms with Crippen molar-refractivity contribution in [1.29, 1.82) is 0 Å². The molecule has 3 nitrogen and oxygen atoms in total. The van der Waals surface area contributed by atoms with Crippen molar-refractivity contribution in [2.75, 3.05) is 11.1 Å². The highest BCUT2D eigenvalue weighted by molar-refractivity contribution is 8.00. The van der Waals surface area contributed by atoms with Gasteiger partial charge in [-0.1, -0.05) is 11.6 Å². The standard InChI is InChI=1S/C12H10ClFN2OS2/c1-7-5-19-12(15-7)16-11(17)6-18-8-2-3-10(14)9(13)4-8/h2-5H,6H2,1H3,(H,15,16,17). The number of benzene rings is 1. The van der Waals surface area contributed by atoms with Gasteiger partial charge in [-0.2, -0.15) is 0 Å². The van der Waals surface area contributed by atoms with Crippen LogP contribution in [0.4, 0.5) is 9.52 Å². The minimum absolute atomic E-state index is 0.0564. The van der Waals surface area contributed by atoms with Crippen molar-refractivity contribution >= 4 is 45.7 Å². The fraction of sp³-hybridized carbons (Fsp3) is 0.167. The molecule has 0 spiro atoms. The monoisotopic (exact) mass is 316 g/mol. The lowest BCUT2D eigenvalue weighted by molar-refractivity contribution is -0.113. The van der Waals surface area contributed by atoms with Gasteiger partial charge in [0.05, 0.1) is 16.5 Å². The Morgan fingerprint density at radius 3 is 3.00 bits per heavy atom. The maximum atomic E-state index is 13.0. The molecule has 1 aromatic carbocycles. The average Bonchev–Trinajstić information content (AvgIpc) is 2.76. The van der Waals surface area contributed by atoms with Crippen LogP contribution in [0, 0.1) is 12.7 Å². The van der Waals surface area contributed by atoms with E-state index in [9.17, 15) is 9.18 Å². The molecule has 0 aliphatic rings. The molecule has 1 aromatic heterocycles. The number of thiazole rings is 1. The lowest BCUT2D eigenvalue weighted by atomic mass is 10.3. The molecule has 1 amide bonds. The van der Waals surface area contributed by atoms with Crippen LogP contribution in [-0.4, -0.2) is 16.6 Å². The maximum Gasteiger partial charge on any atom is 0.236 e. The highest BCUT2D eigenvalue weighted by Gasteiger charge is 2.07. The molecule has 0 saturated heterocycles. The Morgan fingerprint density at radius 2 is 2.37 bits per heavy atom. The van der Waals surface area contributed by atoms with Crippen molar-refractivity contribution in [1.82, 2.24) is 4.98 Å². The Balaban J connectivity index is 1.88. The molecule has 0 bridgehead atoms. The highest BCUT2D eigenvalue weighted by atomic mass is 35.5. The number of nitrogens with zero attached hydrogens (tertiary/aromatic N) is 1. The number of aromatic nitrogens is 1. The van der Waals surface area contributed by atoms with Crippen LogP contribution in [0.3, 0.4) is 0 Å². The Bertz CT molecular complexity index is 603. The van der Waals surface area contributed by atoms with Crippen molar-refractivity contribution in [3.05, 3.63) is 40.1 Å². The van der Waals surface area contributed by atoms with Crippen LogP contribution in [-0.2, 0) is 4.79 Å². The average molecular weight is 317 g/mol. The molecular formula is C12H10ClFN2OS2. The van der Waals surface area contributed by atoms with Gasteiger partial charge in [0.25, 0.3) is 0 Å². The van der Waals surface area contributed by atoms with Crippen molar-refractivity contribution in [3.63, 3.8) is 0 Å². The van der Waals surface area contributed by atoms with Gasteiger partial charge in [0, 0.05) is 10.3 Å². The highest BCUT2D eigenvalue weighted by Crippen LogP contribution is 2.24. The van der Waals surface area contributed by atoms with Crippen LogP contribution < -0.4 is 5.32 Å². The quantitative estimate of drug-likeness (QED) is 0.868. The second-order valence-corrected chi connectivity index (χ2v) is 6.02. The molecule has 7 heteroatoms. The number of carbonyl (C=O) groups excluding carboxylic acids is 1. The lowest BCUT2D eigenvalue weighted by Gasteiger charge is -2.03. The number of nitrogens with one attached hydrogen (secondary N) is 1. The summed E-state index contributed by atoms with van der Waals surface area (Å²) in [4.78, 5) is 16.6. The lowest BCUT2D eigenvalue weighted by Crippen LogP contribution is -2.13. The Labute approximate surface area is 123 Å². The molecule has 0 atom stereocenters. The summed E-state index contributed by atoms with van der Waals surface area (Å²) >= 11 is 8.34. The van der Waals surface area contributed by atoms with Gasteiger partial charge in [-0.15, -0.1) is 23.1 Å². The molecule has 0 aliphatic heterocycles. The molecule has 2 rings (SSSR count). The molecule has 1 N–H and O–H groups in total. The van der Waals surface area contributed by atoms with Gasteiger partial charge in [-0.25, -0.2) is 9.37 Å². The molecule has 2 aromatic rings. The van der Waals surface area contributed by atoms with Gasteiger partial charge in [0.1, 0.15) is 5.82 Å². The number of aryl methyl sites for hydroxylation is 1. The second kappa shape index (κ2) is 6.36. The topological polar surface area (TPSA) is 42.0 Å². The van der Waals surface area contributed by atoms with E-state index in [0.717, 1.165) is 10.6 Å². The maximum absolute atomic E-state index is 13.0. The van der Waals surface area contributed by atoms with Crippen LogP contribution >= 0.6 is 34.7 Å². The molecule has 0 aliphatic carbocycles. The smallest absolute Gasteiger partial charge is 0.236 e. The van der Waals surface area contributed by atoms with Gasteiger partial charge in [-0.3, -0.25) is 4.79 Å². The summed E-state index contributed by atoms with van der Waals surface area (Å²) in [5.41, 5.74) is 0.873. The third kappa shape index (κ3) is 4.19. The Morgan fingerprint density at radius 1 is 1.58 bits per heavy atom. The van der Waals surface area contributed by atoms with Crippen molar-refractivity contribution in [2.24, 2.45) is 0 Å². The summed E-state index contributed by atoms with van der Waals surface area (Å²) in [6.45, 7) is 1.86. The first-order chi connectivity index (χ1) is 9.04. The van der Waals surface area contributed by atoms with E-state index in [4.69, 9.17) is 11.6 Å². The van der Waals surface area contributed by atoms with Crippen LogP contribution in [0.15, 0.2) is 28.5 Å². The number of thioether (sulfide) groups is 1. The van der Waals surface area contributed by atoms with Gasteiger partial charge >= 0.3 is 0 Å². The van der Waals surface area contributed by atoms with E-state index in [2.05, 4.69) is 10.3 Å². The molecule has 0 fully saturated rings. The van der Waals surface area contributed by atoms with E-state index >= 15 is 0 Å². The zero-order valence-corrected chi connectivity index (χ0v) is 12.3. The SMILES string of the molecule is Cc1csc(NC(=O)CSc2ccc(F)c(Cl)c2)n1. The van der Waals surface area contributed by atoms with E-state index in [1.807, 2.05) is 12.3 Å². The van der Waals surface area contributed by atoms with Crippen LogP contribution in [0.5, 0.6) is 0 Å². The number of hydrogen-bond donors (Lipinski definition) is 1. The Kier molecular flexibility index (Phi) is 4.79. The fourth-order valence-corrected chi connectivity index (χ4v) is 2.97. The van der Waals surface area contributed by atoms with E-state index in [1.165, 1.54) is 35.2 Å². The predicted molar refractivity (Wildman–Crippen MR) is 77.6 cm³/mol. The number of hydrogen-bond acceptors (Lipinski definition) is 4. The van der Waals surface area contributed by atoms with Crippen molar-refractivity contribution in [2.45, 2.75) is 11.8 Å². The summed E-state index contributed by atoms with van der Waals surface area (Å²) in [5, 5.41) is 5.20. The van der Waals surface area contributed by atoms with Gasteiger partial charge in [0.15, 0.2) is 5.13 Å². The van der Waals surface area contributed by atoms with Crippen LogP contribution in [0.25, 0.3) is 0 Å². The predicted octanol–water partition coefficient (Wildman–Crippen LogP) is 3.97. The minimum Gasteiger partial charge on any atom is -0.301 e. The van der Waals surface area contributed by atoms with Crippen molar-refractivity contribution in [3.8, 4) is 0 Å². The number of amides is 1. The number of halogens is 2. The first-order valence-electron chi connectivity index (χ1n) is 5.34. The van der Waals surface area contributed by atoms with E-state index in [1.54, 1.807) is 6.07 Å². The van der Waals surface area contributed by atoms with E-state index in [0.29, 0.717) is 5.13 Å². The first-order valence-corrected chi connectivity index (χ1v) is 7.59. The molecule has 0 saturated carbocycles. The number of carbonyl (C=O) groups is 1. The molecule has 0 radical (unpaired) electrons. The summed E-state index contributed by atoms with van der Waals surface area (Å²) in [5.74, 6) is -0.394. The van der Waals surface area contributed by atoms with Crippen molar-refractivity contribution < 1.29 is 9.18 Å². The summed E-state index contributed by atoms with van der Waals surface area (Å²) in [7, 11) is 0. The summed E-state index contributed by atoms with van der Waals surface area (Å²) in [6.07, 6.45) is 0. The number of anilines is 1. The molecular weight excluding hydrogens is 307 g/mol. The third-order valence-electron chi connectivity index (χ3n) is 2.13. The fourth-order valence-electron chi connectivity index (χ4n) is 1.28. The zero-order chi connectivity index (χ0) is 13.8. The van der Waals surface area contributed by atoms with Gasteiger partial charge < -0.3 is 5.32 Å². The van der Waals surface area contributed by atoms with Gasteiger partial charge in [-0.05, 0) is 25.1 Å². The Hall–Kier alpha value is -1.11.